The summed E-state index contributed by atoms with van der Waals surface area (Å²) >= 11 is 0. The molecule has 1 heterocycles. The van der Waals surface area contributed by atoms with Crippen molar-refractivity contribution >= 4 is 6.09 Å². The minimum Gasteiger partial charge on any atom is -0.465 e. The average Bonchev–Trinajstić information content (AvgIpc) is 2.16. The van der Waals surface area contributed by atoms with Crippen molar-refractivity contribution in [3.05, 3.63) is 0 Å². The molecule has 5 nitrogen and oxygen atoms in total. The van der Waals surface area contributed by atoms with Gasteiger partial charge < -0.3 is 19.8 Å². The molecule has 2 atom stereocenters. The number of nitrogens with zero attached hydrogens (tertiary/aromatic N) is 1. The second kappa shape index (κ2) is 5.01. The van der Waals surface area contributed by atoms with Crippen LogP contribution in [0.25, 0.3) is 0 Å². The fourth-order valence-corrected chi connectivity index (χ4v) is 2.22. The van der Waals surface area contributed by atoms with Crippen molar-refractivity contribution in [1.29, 1.82) is 0 Å². The topological polar surface area (TPSA) is 70.0 Å². The Morgan fingerprint density at radius 1 is 1.50 bits per heavy atom. The first-order valence-electron chi connectivity index (χ1n) is 5.60. The number of carbonyl (C=O) groups is 1. The quantitative estimate of drug-likeness (QED) is 0.748. The van der Waals surface area contributed by atoms with E-state index in [0.29, 0.717) is 19.6 Å². The van der Waals surface area contributed by atoms with Crippen molar-refractivity contribution in [2.45, 2.75) is 39.3 Å². The number of amides is 1. The van der Waals surface area contributed by atoms with Gasteiger partial charge in [0.2, 0.25) is 0 Å². The van der Waals surface area contributed by atoms with Crippen LogP contribution in [-0.2, 0) is 4.74 Å². The third-order valence-electron chi connectivity index (χ3n) is 2.90. The highest BCUT2D eigenvalue weighted by Crippen LogP contribution is 2.31. The molecule has 1 amide bonds. The molecular formula is C11H21NO4. The smallest absolute Gasteiger partial charge is 0.407 e. The predicted octanol–water partition coefficient (Wildman–Crippen LogP) is 1.16. The van der Waals surface area contributed by atoms with Crippen molar-refractivity contribution in [3.8, 4) is 0 Å². The van der Waals surface area contributed by atoms with Gasteiger partial charge in [0.15, 0.2) is 0 Å². The zero-order valence-corrected chi connectivity index (χ0v) is 10.1. The number of aliphatic hydroxyl groups excluding tert-OH is 1. The molecule has 0 aromatic carbocycles. The van der Waals surface area contributed by atoms with E-state index in [0.717, 1.165) is 0 Å². The van der Waals surface area contributed by atoms with Gasteiger partial charge in [-0.2, -0.15) is 0 Å². The van der Waals surface area contributed by atoms with Crippen LogP contribution < -0.4 is 0 Å². The zero-order valence-electron chi connectivity index (χ0n) is 10.1. The summed E-state index contributed by atoms with van der Waals surface area (Å²) < 4.78 is 5.67. The summed E-state index contributed by atoms with van der Waals surface area (Å²) in [5.74, 6) is 0. The van der Waals surface area contributed by atoms with Crippen LogP contribution in [0.2, 0.25) is 0 Å². The van der Waals surface area contributed by atoms with Crippen LogP contribution in [-0.4, -0.2) is 53.1 Å². The molecule has 94 valence electrons. The minimum atomic E-state index is -0.934. The molecule has 0 radical (unpaired) electrons. The first-order valence-corrected chi connectivity index (χ1v) is 5.60. The number of morpholine rings is 1. The van der Waals surface area contributed by atoms with E-state index in [4.69, 9.17) is 14.9 Å². The second-order valence-corrected chi connectivity index (χ2v) is 5.21. The number of hydrogen-bond acceptors (Lipinski definition) is 3. The molecule has 16 heavy (non-hydrogen) atoms. The third kappa shape index (κ3) is 2.86. The van der Waals surface area contributed by atoms with Crippen LogP contribution >= 0.6 is 0 Å². The van der Waals surface area contributed by atoms with E-state index in [-0.39, 0.29) is 24.2 Å². The van der Waals surface area contributed by atoms with Gasteiger partial charge in [-0.25, -0.2) is 4.79 Å². The van der Waals surface area contributed by atoms with Crippen LogP contribution in [0, 0.1) is 5.41 Å². The SMILES string of the molecule is CC(C)(C)C1OCCN(C(=O)O)[C@@H]1CCO. The molecule has 1 fully saturated rings. The van der Waals surface area contributed by atoms with Crippen LogP contribution in [0.5, 0.6) is 0 Å². The van der Waals surface area contributed by atoms with E-state index in [9.17, 15) is 4.79 Å². The lowest BCUT2D eigenvalue weighted by Gasteiger charge is -2.45. The Balaban J connectivity index is 2.86. The number of ether oxygens (including phenoxy) is 1. The fourth-order valence-electron chi connectivity index (χ4n) is 2.22. The summed E-state index contributed by atoms with van der Waals surface area (Å²) in [6, 6.07) is -0.253. The van der Waals surface area contributed by atoms with Gasteiger partial charge >= 0.3 is 6.09 Å². The molecule has 1 aliphatic heterocycles. The molecule has 1 aliphatic rings. The van der Waals surface area contributed by atoms with Crippen molar-refractivity contribution in [2.75, 3.05) is 19.8 Å². The lowest BCUT2D eigenvalue weighted by molar-refractivity contribution is -0.112. The summed E-state index contributed by atoms with van der Waals surface area (Å²) in [6.45, 7) is 6.85. The standard InChI is InChI=1S/C11H21NO4/c1-11(2,3)9-8(4-6-13)12(10(14)15)5-7-16-9/h8-9,13H,4-7H2,1-3H3,(H,14,15)/t8-,9?/m1/s1. The van der Waals surface area contributed by atoms with E-state index in [1.54, 1.807) is 0 Å². The van der Waals surface area contributed by atoms with Gasteiger partial charge in [0.05, 0.1) is 18.8 Å². The van der Waals surface area contributed by atoms with E-state index in [1.807, 2.05) is 20.8 Å². The van der Waals surface area contributed by atoms with Gasteiger partial charge in [-0.1, -0.05) is 20.8 Å². The normalized spacial score (nSPS) is 26.9. The largest absolute Gasteiger partial charge is 0.465 e. The van der Waals surface area contributed by atoms with Crippen molar-refractivity contribution in [2.24, 2.45) is 5.41 Å². The molecule has 5 heteroatoms. The molecule has 1 saturated heterocycles. The van der Waals surface area contributed by atoms with Gasteiger partial charge in [-0.15, -0.1) is 0 Å². The van der Waals surface area contributed by atoms with E-state index in [2.05, 4.69) is 0 Å². The number of carboxylic acid groups (broad SMARTS) is 1. The lowest BCUT2D eigenvalue weighted by Crippen LogP contribution is -2.57. The Kier molecular flexibility index (Phi) is 4.15. The van der Waals surface area contributed by atoms with Crippen molar-refractivity contribution < 1.29 is 19.7 Å². The van der Waals surface area contributed by atoms with E-state index < -0.39 is 6.09 Å². The lowest BCUT2D eigenvalue weighted by atomic mass is 9.82. The van der Waals surface area contributed by atoms with Crippen LogP contribution in [0.3, 0.4) is 0 Å². The van der Waals surface area contributed by atoms with Gasteiger partial charge in [-0.3, -0.25) is 0 Å². The number of hydrogen-bond donors (Lipinski definition) is 2. The highest BCUT2D eigenvalue weighted by molar-refractivity contribution is 5.65. The number of rotatable bonds is 2. The molecule has 1 rings (SSSR count). The minimum absolute atomic E-state index is 0.0234. The van der Waals surface area contributed by atoms with Gasteiger partial charge in [0, 0.05) is 13.2 Å². The molecule has 1 unspecified atom stereocenters. The first-order chi connectivity index (χ1) is 7.38. The zero-order chi connectivity index (χ0) is 12.3. The Bertz CT molecular complexity index is 249. The molecule has 0 spiro atoms. The summed E-state index contributed by atoms with van der Waals surface area (Å²) in [4.78, 5) is 12.5. The molecule has 0 aromatic heterocycles. The Morgan fingerprint density at radius 2 is 2.12 bits per heavy atom. The summed E-state index contributed by atoms with van der Waals surface area (Å²) in [5, 5.41) is 18.1. The van der Waals surface area contributed by atoms with Crippen LogP contribution in [0.15, 0.2) is 0 Å². The van der Waals surface area contributed by atoms with Gasteiger partial charge in [0.1, 0.15) is 0 Å². The predicted molar refractivity (Wildman–Crippen MR) is 59.4 cm³/mol. The highest BCUT2D eigenvalue weighted by Gasteiger charge is 2.40. The molecule has 2 N–H and O–H groups in total. The van der Waals surface area contributed by atoms with E-state index >= 15 is 0 Å². The van der Waals surface area contributed by atoms with Crippen LogP contribution in [0.4, 0.5) is 4.79 Å². The molecule has 0 aromatic rings. The summed E-state index contributed by atoms with van der Waals surface area (Å²) in [7, 11) is 0. The maximum absolute atomic E-state index is 11.1. The van der Waals surface area contributed by atoms with Gasteiger partial charge in [0.25, 0.3) is 0 Å². The Morgan fingerprint density at radius 3 is 2.56 bits per heavy atom. The summed E-state index contributed by atoms with van der Waals surface area (Å²) in [5.41, 5.74) is -0.131. The molecular weight excluding hydrogens is 210 g/mol. The average molecular weight is 231 g/mol. The monoisotopic (exact) mass is 231 g/mol. The third-order valence-corrected chi connectivity index (χ3v) is 2.90. The Hall–Kier alpha value is -0.810. The number of aliphatic hydroxyl groups is 1. The first kappa shape index (κ1) is 13.3. The Labute approximate surface area is 96.0 Å². The second-order valence-electron chi connectivity index (χ2n) is 5.21. The fraction of sp³-hybridized carbons (Fsp3) is 0.909. The van der Waals surface area contributed by atoms with E-state index in [1.165, 1.54) is 4.90 Å². The van der Waals surface area contributed by atoms with Crippen molar-refractivity contribution in [1.82, 2.24) is 4.90 Å². The van der Waals surface area contributed by atoms with Crippen molar-refractivity contribution in [3.63, 3.8) is 0 Å². The van der Waals surface area contributed by atoms with Gasteiger partial charge in [-0.05, 0) is 11.8 Å². The van der Waals surface area contributed by atoms with Crippen LogP contribution in [0.1, 0.15) is 27.2 Å². The molecule has 0 bridgehead atoms. The summed E-state index contributed by atoms with van der Waals surface area (Å²) in [6.07, 6.45) is -0.672. The maximum Gasteiger partial charge on any atom is 0.407 e. The molecule has 0 aliphatic carbocycles. The maximum atomic E-state index is 11.1. The molecule has 0 saturated carbocycles. The highest BCUT2D eigenvalue weighted by atomic mass is 16.5.